The molecule has 43 heavy (non-hydrogen) atoms. The van der Waals surface area contributed by atoms with Crippen molar-refractivity contribution in [1.29, 1.82) is 0 Å². The molecule has 1 aromatic carbocycles. The first-order chi connectivity index (χ1) is 20.5. The lowest BCUT2D eigenvalue weighted by molar-refractivity contribution is -0.154. The Morgan fingerprint density at radius 3 is 2.72 bits per heavy atom. The Kier molecular flexibility index (Phi) is 10.5. The van der Waals surface area contributed by atoms with Crippen molar-refractivity contribution in [2.24, 2.45) is 5.92 Å². The summed E-state index contributed by atoms with van der Waals surface area (Å²) < 4.78 is 57.8. The Bertz CT molecular complexity index is 1520. The number of benzene rings is 1. The molecule has 0 bridgehead atoms. The van der Waals surface area contributed by atoms with Crippen LogP contribution in [0.4, 0.5) is 10.3 Å². The topological polar surface area (TPSA) is 199 Å². The van der Waals surface area contributed by atoms with E-state index in [1.807, 2.05) is 6.92 Å². The van der Waals surface area contributed by atoms with Gasteiger partial charge >= 0.3 is 19.7 Å². The fourth-order valence-electron chi connectivity index (χ4n) is 4.43. The van der Waals surface area contributed by atoms with Gasteiger partial charge in [0.2, 0.25) is 5.95 Å². The monoisotopic (exact) mass is 624 g/mol. The largest absolute Gasteiger partial charge is 0.465 e. The minimum atomic E-state index is -4.31. The number of carbonyl (C=O) groups excluding carboxylic acids is 2. The Morgan fingerprint density at radius 2 is 2.05 bits per heavy atom. The zero-order valence-electron chi connectivity index (χ0n) is 23.8. The predicted octanol–water partition coefficient (Wildman–Crippen LogP) is 2.64. The van der Waals surface area contributed by atoms with Crippen LogP contribution in [0.1, 0.15) is 39.8 Å². The number of aromatic nitrogens is 4. The summed E-state index contributed by atoms with van der Waals surface area (Å²) in [6.45, 7) is 3.18. The highest BCUT2D eigenvalue weighted by Gasteiger charge is 2.49. The summed E-state index contributed by atoms with van der Waals surface area (Å²) in [6.07, 6.45) is -0.864. The highest BCUT2D eigenvalue weighted by Crippen LogP contribution is 2.47. The van der Waals surface area contributed by atoms with Gasteiger partial charge in [0.1, 0.15) is 11.8 Å². The molecular weight excluding hydrogens is 590 g/mol. The van der Waals surface area contributed by atoms with Crippen LogP contribution in [0, 0.1) is 5.92 Å². The first-order valence-electron chi connectivity index (χ1n) is 13.6. The van der Waals surface area contributed by atoms with Gasteiger partial charge in [-0.05, 0) is 25.5 Å². The number of aromatic amines is 1. The minimum absolute atomic E-state index is 0.0118. The summed E-state index contributed by atoms with van der Waals surface area (Å²) in [5.41, 5.74) is 5.03. The van der Waals surface area contributed by atoms with Gasteiger partial charge in [0.05, 0.1) is 38.2 Å². The number of imidazole rings is 1. The molecule has 4 N–H and O–H groups in total. The van der Waals surface area contributed by atoms with Gasteiger partial charge in [-0.15, -0.1) is 0 Å². The van der Waals surface area contributed by atoms with E-state index in [9.17, 15) is 23.3 Å². The maximum absolute atomic E-state index is 14.5. The van der Waals surface area contributed by atoms with Crippen molar-refractivity contribution < 1.29 is 41.8 Å². The summed E-state index contributed by atoms with van der Waals surface area (Å²) in [5, 5.41) is 2.57. The molecule has 0 aliphatic carbocycles. The molecule has 0 saturated carbocycles. The van der Waals surface area contributed by atoms with Crippen molar-refractivity contribution >= 4 is 36.8 Å². The maximum Gasteiger partial charge on any atom is 0.459 e. The van der Waals surface area contributed by atoms with E-state index in [2.05, 4.69) is 20.0 Å². The number of carbonyl (C=O) groups is 2. The second kappa shape index (κ2) is 14.1. The van der Waals surface area contributed by atoms with Gasteiger partial charge in [0.15, 0.2) is 23.5 Å². The Labute approximate surface area is 245 Å². The predicted molar refractivity (Wildman–Crippen MR) is 151 cm³/mol. The molecule has 1 aliphatic rings. The average molecular weight is 625 g/mol. The Morgan fingerprint density at radius 1 is 1.30 bits per heavy atom. The number of anilines is 1. The number of nitrogens with one attached hydrogen (secondary N) is 2. The number of esters is 2. The van der Waals surface area contributed by atoms with E-state index in [0.717, 1.165) is 13.3 Å². The third-order valence-corrected chi connectivity index (χ3v) is 8.17. The molecule has 1 unspecified atom stereocenters. The molecular formula is C26H34FN6O9P. The van der Waals surface area contributed by atoms with E-state index in [0.29, 0.717) is 6.42 Å². The van der Waals surface area contributed by atoms with Gasteiger partial charge < -0.3 is 24.5 Å². The van der Waals surface area contributed by atoms with Crippen LogP contribution in [0.25, 0.3) is 11.2 Å². The lowest BCUT2D eigenvalue weighted by Crippen LogP contribution is -2.37. The summed E-state index contributed by atoms with van der Waals surface area (Å²) in [4.78, 5) is 47.2. The molecule has 3 heterocycles. The highest BCUT2D eigenvalue weighted by molar-refractivity contribution is 7.52. The van der Waals surface area contributed by atoms with Gasteiger partial charge in [-0.2, -0.15) is 10.1 Å². The van der Waals surface area contributed by atoms with Gasteiger partial charge in [-0.3, -0.25) is 32.8 Å². The first-order valence-corrected chi connectivity index (χ1v) is 15.1. The van der Waals surface area contributed by atoms with Gasteiger partial charge in [0, 0.05) is 6.92 Å². The summed E-state index contributed by atoms with van der Waals surface area (Å²) in [7, 11) is -4.31. The van der Waals surface area contributed by atoms with E-state index >= 15 is 0 Å². The number of unbranched alkanes of at least 4 members (excludes halogenated alkanes) is 1. The maximum atomic E-state index is 14.5. The summed E-state index contributed by atoms with van der Waals surface area (Å²) >= 11 is 0. The van der Waals surface area contributed by atoms with Crippen LogP contribution in [0.5, 0.6) is 5.75 Å². The molecule has 0 amide bonds. The third-order valence-electron chi connectivity index (χ3n) is 6.52. The van der Waals surface area contributed by atoms with Crippen LogP contribution in [0.2, 0.25) is 0 Å². The van der Waals surface area contributed by atoms with Crippen molar-refractivity contribution in [3.8, 4) is 5.75 Å². The van der Waals surface area contributed by atoms with Crippen LogP contribution < -0.4 is 20.9 Å². The number of halogens is 1. The van der Waals surface area contributed by atoms with Crippen molar-refractivity contribution in [2.75, 3.05) is 25.6 Å². The van der Waals surface area contributed by atoms with E-state index in [1.54, 1.807) is 18.2 Å². The summed E-state index contributed by atoms with van der Waals surface area (Å²) in [6, 6.07) is 7.00. The smallest absolute Gasteiger partial charge is 0.459 e. The molecule has 0 spiro atoms. The molecule has 3 aromatic rings. The van der Waals surface area contributed by atoms with Crippen LogP contribution in [0.15, 0.2) is 41.5 Å². The zero-order chi connectivity index (χ0) is 31.1. The first kappa shape index (κ1) is 32.1. The standard InChI is InChI=1S/C26H34FN6O9P/c1-4-5-11-38-25(36)15(2)32-43(37,42-17-9-7-6-8-10-17)39-13-19-18(12-27)21(40-16(3)34)24(41-19)33-14-29-20-22(33)30-26(28)31-23(20)35/h6-10,14-15,18-19,21,24H,4-5,11-13H2,1-3H3,(H,32,37)(H3,28,30,31,35)/t15-,18-,19-,21-,24-,43?/m1/s1. The van der Waals surface area contributed by atoms with Crippen molar-refractivity contribution in [1.82, 2.24) is 24.6 Å². The second-order valence-corrected chi connectivity index (χ2v) is 11.5. The molecule has 4 rings (SSSR count). The molecule has 6 atom stereocenters. The number of alkyl halides is 1. The van der Waals surface area contributed by atoms with Crippen molar-refractivity contribution in [3.63, 3.8) is 0 Å². The molecule has 0 radical (unpaired) electrons. The quantitative estimate of drug-likeness (QED) is 0.134. The van der Waals surface area contributed by atoms with Crippen molar-refractivity contribution in [3.05, 3.63) is 47.0 Å². The summed E-state index contributed by atoms with van der Waals surface area (Å²) in [5.74, 6) is -2.52. The molecule has 1 saturated heterocycles. The number of nitrogens with two attached hydrogens (primary N) is 1. The number of ether oxygens (including phenoxy) is 3. The lowest BCUT2D eigenvalue weighted by atomic mass is 10.00. The highest BCUT2D eigenvalue weighted by atomic mass is 31.2. The van der Waals surface area contributed by atoms with E-state index in [4.69, 9.17) is 29.0 Å². The van der Waals surface area contributed by atoms with Gasteiger partial charge in [-0.25, -0.2) is 9.55 Å². The number of para-hydroxylation sites is 1. The lowest BCUT2D eigenvalue weighted by Gasteiger charge is -2.25. The van der Waals surface area contributed by atoms with Crippen molar-refractivity contribution in [2.45, 2.75) is 58.1 Å². The number of nitrogens with zero attached hydrogens (tertiary/aromatic N) is 3. The molecule has 234 valence electrons. The van der Waals surface area contributed by atoms with Crippen LogP contribution in [-0.2, 0) is 32.9 Å². The SMILES string of the molecule is CCCCOC(=O)[C@@H](C)NP(=O)(OC[C@H]1O[C@@H](n2cnc3c(=O)[nH]c(N)nc32)[C@H](OC(C)=O)[C@@H]1CF)Oc1ccccc1. The molecule has 15 nitrogen and oxygen atoms in total. The number of hydrogen-bond acceptors (Lipinski definition) is 12. The second-order valence-electron chi connectivity index (χ2n) is 9.80. The van der Waals surface area contributed by atoms with Gasteiger partial charge in [0.25, 0.3) is 5.56 Å². The number of H-pyrrole nitrogens is 1. The molecule has 1 aliphatic heterocycles. The Hall–Kier alpha value is -3.85. The Balaban J connectivity index is 1.59. The fourth-order valence-corrected chi connectivity index (χ4v) is 5.94. The number of nitrogen functional groups attached to an aromatic ring is 1. The molecule has 1 fully saturated rings. The molecule has 17 heteroatoms. The minimum Gasteiger partial charge on any atom is -0.465 e. The van der Waals surface area contributed by atoms with E-state index in [1.165, 1.54) is 30.0 Å². The fraction of sp³-hybridized carbons (Fsp3) is 0.500. The number of rotatable bonds is 14. The zero-order valence-corrected chi connectivity index (χ0v) is 24.7. The van der Waals surface area contributed by atoms with E-state index < -0.39 is 68.9 Å². The van der Waals surface area contributed by atoms with Crippen LogP contribution in [0.3, 0.4) is 0 Å². The number of fused-ring (bicyclic) bond motifs is 1. The van der Waals surface area contributed by atoms with Gasteiger partial charge in [-0.1, -0.05) is 31.5 Å². The normalized spacial score (nSPS) is 22.1. The number of hydrogen-bond donors (Lipinski definition) is 3. The molecule has 2 aromatic heterocycles. The van der Waals surface area contributed by atoms with E-state index in [-0.39, 0.29) is 29.5 Å². The van der Waals surface area contributed by atoms with Crippen LogP contribution in [-0.4, -0.2) is 69.6 Å². The van der Waals surface area contributed by atoms with Crippen LogP contribution >= 0.6 is 7.75 Å². The average Bonchev–Trinajstić information content (AvgIpc) is 3.53. The third kappa shape index (κ3) is 7.76.